The van der Waals surface area contributed by atoms with Gasteiger partial charge in [0.2, 0.25) is 0 Å². The van der Waals surface area contributed by atoms with Gasteiger partial charge in [0.1, 0.15) is 36.1 Å². The minimum atomic E-state index is -0.250. The van der Waals surface area contributed by atoms with Crippen LogP contribution in [0.1, 0.15) is 40.3 Å². The third kappa shape index (κ3) is 7.25. The molecule has 1 atom stereocenters. The summed E-state index contributed by atoms with van der Waals surface area (Å²) in [6.45, 7) is 4.80. The lowest BCUT2D eigenvalue weighted by Gasteiger charge is -2.20. The second-order valence-corrected chi connectivity index (χ2v) is 11.1. The van der Waals surface area contributed by atoms with Crippen molar-refractivity contribution in [2.24, 2.45) is 4.99 Å². The Bertz CT molecular complexity index is 1730. The van der Waals surface area contributed by atoms with E-state index >= 15 is 0 Å². The number of hydrogen-bond acceptors (Lipinski definition) is 7. The van der Waals surface area contributed by atoms with Gasteiger partial charge in [-0.25, -0.2) is 4.39 Å². The van der Waals surface area contributed by atoms with Crippen LogP contribution in [0.4, 0.5) is 4.39 Å². The fraction of sp³-hybridized carbons (Fsp3) is 0.229. The summed E-state index contributed by atoms with van der Waals surface area (Å²) in [6, 6.07) is 20.3. The summed E-state index contributed by atoms with van der Waals surface area (Å²) in [6.07, 6.45) is 6.32. The fourth-order valence-electron chi connectivity index (χ4n) is 5.32. The van der Waals surface area contributed by atoms with Crippen molar-refractivity contribution in [3.63, 3.8) is 0 Å². The average Bonchev–Trinajstić information content (AvgIpc) is 3.44. The van der Waals surface area contributed by atoms with Crippen LogP contribution in [0.5, 0.6) is 11.5 Å². The van der Waals surface area contributed by atoms with Gasteiger partial charge in [-0.05, 0) is 54.4 Å². The van der Waals surface area contributed by atoms with Crippen LogP contribution in [0.3, 0.4) is 0 Å². The van der Waals surface area contributed by atoms with Crippen molar-refractivity contribution in [3.05, 3.63) is 124 Å². The number of halogens is 2. The van der Waals surface area contributed by atoms with Crippen molar-refractivity contribution in [3.8, 4) is 28.7 Å². The highest BCUT2D eigenvalue weighted by Crippen LogP contribution is 2.43. The van der Waals surface area contributed by atoms with Crippen molar-refractivity contribution >= 4 is 18.3 Å². The van der Waals surface area contributed by atoms with Gasteiger partial charge in [0, 0.05) is 68.5 Å². The number of hydrogen-bond donors (Lipinski definition) is 1. The molecular formula is C35H33ClFN5O2. The summed E-state index contributed by atoms with van der Waals surface area (Å²) in [7, 11) is 3.85. The predicted molar refractivity (Wildman–Crippen MR) is 171 cm³/mol. The minimum absolute atomic E-state index is 0.203. The quantitative estimate of drug-likeness (QED) is 0.170. The Balaban J connectivity index is 1.41. The molecule has 0 spiro atoms. The number of aliphatic imine (C=N–C) groups is 1. The molecular weight excluding hydrogens is 577 g/mol. The molecule has 0 aliphatic heterocycles. The van der Waals surface area contributed by atoms with Crippen LogP contribution in [-0.2, 0) is 19.6 Å². The smallest absolute Gasteiger partial charge is 0.142 e. The van der Waals surface area contributed by atoms with Crippen LogP contribution in [0.25, 0.3) is 11.1 Å². The molecule has 9 heteroatoms. The van der Waals surface area contributed by atoms with Gasteiger partial charge in [0.15, 0.2) is 0 Å². The fourth-order valence-corrected chi connectivity index (χ4v) is 5.55. The highest BCUT2D eigenvalue weighted by Gasteiger charge is 2.28. The zero-order chi connectivity index (χ0) is 31.1. The van der Waals surface area contributed by atoms with Gasteiger partial charge in [-0.2, -0.15) is 5.26 Å². The van der Waals surface area contributed by atoms with Crippen molar-refractivity contribution in [1.82, 2.24) is 15.2 Å². The van der Waals surface area contributed by atoms with E-state index in [1.807, 2.05) is 61.6 Å². The first-order valence-electron chi connectivity index (χ1n) is 14.2. The lowest BCUT2D eigenvalue weighted by atomic mass is 9.96. The van der Waals surface area contributed by atoms with Crippen LogP contribution in [0.2, 0.25) is 5.02 Å². The number of aromatic nitrogens is 1. The Morgan fingerprint density at radius 3 is 2.75 bits per heavy atom. The standard InChI is InChI=1S/C35H33ClFN5O2/c1-39-26(21-42(2)3)20-41-19-25-14-31(36)35(15-34(25)43-22-24-13-23(16-38)17-40-18-24)44-33-12-11-28-27(8-6-9-30(28)33)29-7-4-5-10-32(29)37/h4-10,13-15,17-18,21,33,41H,1,11-12,19-20,22H2,2-3H3/b26-21-/t33-/m0/s1. The Morgan fingerprint density at radius 2 is 1.98 bits per heavy atom. The van der Waals surface area contributed by atoms with Crippen molar-refractivity contribution < 1.29 is 13.9 Å². The molecule has 0 amide bonds. The first-order valence-corrected chi connectivity index (χ1v) is 14.6. The van der Waals surface area contributed by atoms with Crippen LogP contribution in [-0.4, -0.2) is 37.2 Å². The molecule has 0 bridgehead atoms. The first-order chi connectivity index (χ1) is 21.4. The number of pyridine rings is 1. The van der Waals surface area contributed by atoms with E-state index in [0.717, 1.165) is 46.4 Å². The lowest BCUT2D eigenvalue weighted by Crippen LogP contribution is -2.18. The molecule has 0 fully saturated rings. The van der Waals surface area contributed by atoms with E-state index in [9.17, 15) is 9.65 Å². The molecule has 0 unspecified atom stereocenters. The zero-order valence-electron chi connectivity index (χ0n) is 24.7. The maximum absolute atomic E-state index is 14.7. The number of ether oxygens (including phenoxy) is 2. The van der Waals surface area contributed by atoms with Gasteiger partial charge >= 0.3 is 0 Å². The van der Waals surface area contributed by atoms with Gasteiger partial charge in [-0.3, -0.25) is 9.98 Å². The maximum atomic E-state index is 14.7. The maximum Gasteiger partial charge on any atom is 0.142 e. The molecule has 1 heterocycles. The van der Waals surface area contributed by atoms with E-state index in [0.29, 0.717) is 40.7 Å². The van der Waals surface area contributed by atoms with Crippen molar-refractivity contribution in [2.45, 2.75) is 32.1 Å². The average molecular weight is 610 g/mol. The Labute approximate surface area is 262 Å². The van der Waals surface area contributed by atoms with E-state index in [-0.39, 0.29) is 18.5 Å². The monoisotopic (exact) mass is 609 g/mol. The number of nitrogens with zero attached hydrogens (tertiary/aromatic N) is 4. The summed E-state index contributed by atoms with van der Waals surface area (Å²) < 4.78 is 27.5. The molecule has 1 N–H and O–H groups in total. The third-order valence-electron chi connectivity index (χ3n) is 7.31. The summed E-state index contributed by atoms with van der Waals surface area (Å²) in [5.41, 5.74) is 6.41. The van der Waals surface area contributed by atoms with Crippen LogP contribution < -0.4 is 14.8 Å². The molecule has 0 saturated heterocycles. The Kier molecular flexibility index (Phi) is 9.90. The van der Waals surface area contributed by atoms with E-state index in [1.54, 1.807) is 24.4 Å². The second kappa shape index (κ2) is 14.2. The van der Waals surface area contributed by atoms with Crippen molar-refractivity contribution in [2.75, 3.05) is 20.6 Å². The summed E-state index contributed by atoms with van der Waals surface area (Å²) >= 11 is 6.80. The van der Waals surface area contributed by atoms with Gasteiger partial charge in [-0.15, -0.1) is 0 Å². The molecule has 7 nitrogen and oxygen atoms in total. The van der Waals surface area contributed by atoms with Gasteiger partial charge in [-0.1, -0.05) is 48.0 Å². The van der Waals surface area contributed by atoms with Gasteiger partial charge in [0.05, 0.1) is 16.3 Å². The molecule has 1 aliphatic carbocycles. The minimum Gasteiger partial charge on any atom is -0.488 e. The Hall–Kier alpha value is -4.71. The summed E-state index contributed by atoms with van der Waals surface area (Å²) in [5.74, 6) is 0.828. The molecule has 0 saturated carbocycles. The highest BCUT2D eigenvalue weighted by molar-refractivity contribution is 6.32. The predicted octanol–water partition coefficient (Wildman–Crippen LogP) is 7.25. The molecule has 3 aromatic carbocycles. The summed E-state index contributed by atoms with van der Waals surface area (Å²) in [4.78, 5) is 10.1. The molecule has 0 radical (unpaired) electrons. The highest BCUT2D eigenvalue weighted by atomic mass is 35.5. The topological polar surface area (TPSA) is 82.8 Å². The number of rotatable bonds is 12. The van der Waals surface area contributed by atoms with Crippen LogP contribution >= 0.6 is 11.6 Å². The molecule has 224 valence electrons. The number of benzene rings is 3. The molecule has 1 aromatic heterocycles. The third-order valence-corrected chi connectivity index (χ3v) is 7.61. The lowest BCUT2D eigenvalue weighted by molar-refractivity contribution is 0.206. The van der Waals surface area contributed by atoms with Crippen molar-refractivity contribution in [1.29, 1.82) is 5.26 Å². The normalized spacial score (nSPS) is 14.1. The van der Waals surface area contributed by atoms with Crippen LogP contribution in [0.15, 0.2) is 89.9 Å². The first kappa shape index (κ1) is 30.7. The van der Waals surface area contributed by atoms with Gasteiger partial charge < -0.3 is 19.7 Å². The van der Waals surface area contributed by atoms with Crippen LogP contribution in [0, 0.1) is 17.1 Å². The van der Waals surface area contributed by atoms with E-state index in [4.69, 9.17) is 21.1 Å². The Morgan fingerprint density at radius 1 is 1.16 bits per heavy atom. The molecule has 1 aliphatic rings. The molecule has 4 aromatic rings. The molecule has 5 rings (SSSR count). The second-order valence-electron chi connectivity index (χ2n) is 10.7. The molecule has 44 heavy (non-hydrogen) atoms. The van der Waals surface area contributed by atoms with Gasteiger partial charge in [0.25, 0.3) is 0 Å². The number of fused-ring (bicyclic) bond motifs is 1. The van der Waals surface area contributed by atoms with E-state index in [1.165, 1.54) is 12.3 Å². The number of nitriles is 1. The summed E-state index contributed by atoms with van der Waals surface area (Å²) in [5, 5.41) is 13.1. The van der Waals surface area contributed by atoms with E-state index < -0.39 is 0 Å². The number of nitrogens with one attached hydrogen (secondary N) is 1. The largest absolute Gasteiger partial charge is 0.488 e. The SMILES string of the molecule is C=N/C(=C\N(C)C)CNCc1cc(Cl)c(O[C@H]2CCc3c(-c4ccccc4F)cccc32)cc1OCc1cncc(C#N)c1. The zero-order valence-corrected chi connectivity index (χ0v) is 25.4. The van der Waals surface area contributed by atoms with E-state index in [2.05, 4.69) is 28.1 Å².